The van der Waals surface area contributed by atoms with Crippen LogP contribution in [0.2, 0.25) is 0 Å². The van der Waals surface area contributed by atoms with Crippen LogP contribution in [0.3, 0.4) is 0 Å². The molecule has 2 atom stereocenters. The van der Waals surface area contributed by atoms with Crippen molar-refractivity contribution in [3.8, 4) is 0 Å². The van der Waals surface area contributed by atoms with Gasteiger partial charge >= 0.3 is 0 Å². The lowest BCUT2D eigenvalue weighted by molar-refractivity contribution is -0.130. The van der Waals surface area contributed by atoms with Gasteiger partial charge in [-0.15, -0.1) is 0 Å². The third-order valence-corrected chi connectivity index (χ3v) is 3.82. The van der Waals surface area contributed by atoms with Crippen LogP contribution in [-0.4, -0.2) is 61.6 Å². The second-order valence-corrected chi connectivity index (χ2v) is 5.32. The van der Waals surface area contributed by atoms with Crippen molar-refractivity contribution in [2.24, 2.45) is 5.92 Å². The molecule has 17 heavy (non-hydrogen) atoms. The Kier molecular flexibility index (Phi) is 4.36. The maximum absolute atomic E-state index is 12.1. The molecule has 98 valence electrons. The van der Waals surface area contributed by atoms with Crippen LogP contribution >= 0.6 is 0 Å². The number of hydrogen-bond acceptors (Lipinski definition) is 4. The van der Waals surface area contributed by atoms with Gasteiger partial charge in [0.25, 0.3) is 5.91 Å². The largest absolute Gasteiger partial charge is 0.306 e. The van der Waals surface area contributed by atoms with Gasteiger partial charge in [-0.3, -0.25) is 10.2 Å². The molecule has 0 saturated carbocycles. The number of piperidine rings is 1. The van der Waals surface area contributed by atoms with E-state index in [1.807, 2.05) is 5.01 Å². The molecule has 0 spiro atoms. The summed E-state index contributed by atoms with van der Waals surface area (Å²) in [5.41, 5.74) is 3.04. The minimum Gasteiger partial charge on any atom is -0.306 e. The van der Waals surface area contributed by atoms with Crippen LogP contribution in [0.4, 0.5) is 0 Å². The first-order chi connectivity index (χ1) is 8.16. The number of hydrazine groups is 1. The van der Waals surface area contributed by atoms with E-state index in [2.05, 4.69) is 29.6 Å². The standard InChI is InChI=1S/C12H24N4O/c1-10-4-3-5-13-11(10)12(17)14-16-8-6-15(2)7-9-16/h10-11,13H,3-9H2,1-2H3,(H,14,17). The Morgan fingerprint density at radius 1 is 1.29 bits per heavy atom. The van der Waals surface area contributed by atoms with Gasteiger partial charge in [0.05, 0.1) is 6.04 Å². The van der Waals surface area contributed by atoms with Gasteiger partial charge in [-0.2, -0.15) is 0 Å². The SMILES string of the molecule is CC1CCCNC1C(=O)NN1CCN(C)CC1. The Labute approximate surface area is 103 Å². The third-order valence-electron chi connectivity index (χ3n) is 3.82. The fourth-order valence-electron chi connectivity index (χ4n) is 2.54. The normalized spacial score (nSPS) is 32.4. The summed E-state index contributed by atoms with van der Waals surface area (Å²) in [5.74, 6) is 0.581. The number of nitrogens with zero attached hydrogens (tertiary/aromatic N) is 2. The number of carbonyl (C=O) groups is 1. The average molecular weight is 240 g/mol. The van der Waals surface area contributed by atoms with E-state index in [1.54, 1.807) is 0 Å². The first kappa shape index (κ1) is 12.8. The fourth-order valence-corrected chi connectivity index (χ4v) is 2.54. The van der Waals surface area contributed by atoms with Crippen molar-refractivity contribution in [1.29, 1.82) is 0 Å². The van der Waals surface area contributed by atoms with Crippen molar-refractivity contribution in [1.82, 2.24) is 20.7 Å². The average Bonchev–Trinajstić information content (AvgIpc) is 2.32. The van der Waals surface area contributed by atoms with Gasteiger partial charge in [-0.05, 0) is 32.4 Å². The van der Waals surface area contributed by atoms with E-state index in [0.29, 0.717) is 5.92 Å². The predicted octanol–water partition coefficient (Wildman–Crippen LogP) is -0.347. The Morgan fingerprint density at radius 2 is 2.00 bits per heavy atom. The van der Waals surface area contributed by atoms with Gasteiger partial charge in [0.15, 0.2) is 0 Å². The summed E-state index contributed by atoms with van der Waals surface area (Å²) in [5, 5.41) is 5.36. The topological polar surface area (TPSA) is 47.6 Å². The number of carbonyl (C=O) groups excluding carboxylic acids is 1. The van der Waals surface area contributed by atoms with Crippen molar-refractivity contribution in [3.63, 3.8) is 0 Å². The van der Waals surface area contributed by atoms with Crippen LogP contribution in [-0.2, 0) is 4.79 Å². The molecule has 2 rings (SSSR count). The highest BCUT2D eigenvalue weighted by atomic mass is 16.2. The second-order valence-electron chi connectivity index (χ2n) is 5.32. The number of nitrogens with one attached hydrogen (secondary N) is 2. The molecule has 2 fully saturated rings. The fraction of sp³-hybridized carbons (Fsp3) is 0.917. The van der Waals surface area contributed by atoms with Crippen LogP contribution in [0.5, 0.6) is 0 Å². The van der Waals surface area contributed by atoms with Crippen LogP contribution < -0.4 is 10.7 Å². The number of piperazine rings is 1. The van der Waals surface area contributed by atoms with Crippen LogP contribution in [0.15, 0.2) is 0 Å². The molecule has 2 saturated heterocycles. The molecular formula is C12H24N4O. The Morgan fingerprint density at radius 3 is 2.65 bits per heavy atom. The molecule has 2 N–H and O–H groups in total. The molecule has 2 heterocycles. The zero-order valence-electron chi connectivity index (χ0n) is 10.9. The Hall–Kier alpha value is -0.650. The molecule has 2 aliphatic heterocycles. The summed E-state index contributed by atoms with van der Waals surface area (Å²) in [4.78, 5) is 14.4. The molecule has 2 unspecified atom stereocenters. The zero-order chi connectivity index (χ0) is 12.3. The minimum absolute atomic E-state index is 0.0107. The van der Waals surface area contributed by atoms with Crippen LogP contribution in [0.1, 0.15) is 19.8 Å². The van der Waals surface area contributed by atoms with E-state index < -0.39 is 0 Å². The van der Waals surface area contributed by atoms with E-state index in [0.717, 1.165) is 39.1 Å². The predicted molar refractivity (Wildman–Crippen MR) is 67.4 cm³/mol. The summed E-state index contributed by atoms with van der Waals surface area (Å²) in [6.45, 7) is 7.00. The summed E-state index contributed by atoms with van der Waals surface area (Å²) < 4.78 is 0. The van der Waals surface area contributed by atoms with Gasteiger partial charge in [-0.1, -0.05) is 6.92 Å². The quantitative estimate of drug-likeness (QED) is 0.693. The summed E-state index contributed by atoms with van der Waals surface area (Å²) in [6.07, 6.45) is 2.33. The Balaban J connectivity index is 1.79. The first-order valence-corrected chi connectivity index (χ1v) is 6.64. The van der Waals surface area contributed by atoms with Crippen molar-refractivity contribution < 1.29 is 4.79 Å². The molecule has 0 aromatic carbocycles. The molecule has 0 bridgehead atoms. The molecule has 5 heteroatoms. The maximum Gasteiger partial charge on any atom is 0.251 e. The number of amides is 1. The van der Waals surface area contributed by atoms with Gasteiger partial charge in [-0.25, -0.2) is 5.01 Å². The summed E-state index contributed by atoms with van der Waals surface area (Å²) in [7, 11) is 2.12. The zero-order valence-corrected chi connectivity index (χ0v) is 10.9. The van der Waals surface area contributed by atoms with E-state index in [-0.39, 0.29) is 11.9 Å². The lowest BCUT2D eigenvalue weighted by Crippen LogP contribution is -2.58. The van der Waals surface area contributed by atoms with Gasteiger partial charge in [0.1, 0.15) is 0 Å². The molecule has 5 nitrogen and oxygen atoms in total. The van der Waals surface area contributed by atoms with E-state index in [9.17, 15) is 4.79 Å². The molecule has 1 amide bonds. The second kappa shape index (κ2) is 5.80. The van der Waals surface area contributed by atoms with E-state index in [1.165, 1.54) is 6.42 Å². The Bertz CT molecular complexity index is 263. The monoisotopic (exact) mass is 240 g/mol. The third kappa shape index (κ3) is 3.40. The molecule has 0 radical (unpaired) electrons. The van der Waals surface area contributed by atoms with Crippen molar-refractivity contribution in [2.75, 3.05) is 39.8 Å². The molecule has 0 aliphatic carbocycles. The number of rotatable bonds is 2. The van der Waals surface area contributed by atoms with Gasteiger partial charge in [0.2, 0.25) is 0 Å². The van der Waals surface area contributed by atoms with Crippen molar-refractivity contribution in [2.45, 2.75) is 25.8 Å². The van der Waals surface area contributed by atoms with Crippen LogP contribution in [0.25, 0.3) is 0 Å². The van der Waals surface area contributed by atoms with Crippen molar-refractivity contribution >= 4 is 5.91 Å². The molecule has 0 aromatic rings. The highest BCUT2D eigenvalue weighted by molar-refractivity contribution is 5.81. The summed E-state index contributed by atoms with van der Waals surface area (Å²) >= 11 is 0. The van der Waals surface area contributed by atoms with E-state index in [4.69, 9.17) is 0 Å². The molecule has 2 aliphatic rings. The van der Waals surface area contributed by atoms with Crippen molar-refractivity contribution in [3.05, 3.63) is 0 Å². The summed E-state index contributed by atoms with van der Waals surface area (Å²) in [6, 6.07) is -0.0107. The van der Waals surface area contributed by atoms with Gasteiger partial charge < -0.3 is 10.2 Å². The smallest absolute Gasteiger partial charge is 0.251 e. The first-order valence-electron chi connectivity index (χ1n) is 6.64. The van der Waals surface area contributed by atoms with E-state index >= 15 is 0 Å². The lowest BCUT2D eigenvalue weighted by atomic mass is 9.92. The maximum atomic E-state index is 12.1. The number of hydrogen-bond donors (Lipinski definition) is 2. The minimum atomic E-state index is -0.0107. The highest BCUT2D eigenvalue weighted by Gasteiger charge is 2.28. The van der Waals surface area contributed by atoms with Gasteiger partial charge in [0, 0.05) is 26.2 Å². The number of likely N-dealkylation sites (N-methyl/N-ethyl adjacent to an activating group) is 1. The van der Waals surface area contributed by atoms with Crippen LogP contribution in [0, 0.1) is 5.92 Å². The molecule has 0 aromatic heterocycles. The lowest BCUT2D eigenvalue weighted by Gasteiger charge is -2.35. The highest BCUT2D eigenvalue weighted by Crippen LogP contribution is 2.15. The molecular weight excluding hydrogens is 216 g/mol.